The molecule has 0 saturated heterocycles. The van der Waals surface area contributed by atoms with Crippen LogP contribution in [0, 0.1) is 0 Å². The lowest BCUT2D eigenvalue weighted by molar-refractivity contribution is 0.0949. The Bertz CT molecular complexity index is 1260. The maximum absolute atomic E-state index is 12.6. The first-order chi connectivity index (χ1) is 16.6. The van der Waals surface area contributed by atoms with Crippen molar-refractivity contribution in [2.24, 2.45) is 0 Å². The van der Waals surface area contributed by atoms with Gasteiger partial charge in [-0.2, -0.15) is 0 Å². The van der Waals surface area contributed by atoms with Gasteiger partial charge in [0.1, 0.15) is 12.4 Å². The molecule has 34 heavy (non-hydrogen) atoms. The van der Waals surface area contributed by atoms with Crippen LogP contribution in [0.5, 0.6) is 5.75 Å². The van der Waals surface area contributed by atoms with Gasteiger partial charge < -0.3 is 15.4 Å². The van der Waals surface area contributed by atoms with Crippen molar-refractivity contribution in [3.63, 3.8) is 0 Å². The van der Waals surface area contributed by atoms with E-state index in [0.29, 0.717) is 22.8 Å². The summed E-state index contributed by atoms with van der Waals surface area (Å²) in [5.74, 6) is 0.112. The molecule has 2 N–H and O–H groups in total. The van der Waals surface area contributed by atoms with Crippen molar-refractivity contribution >= 4 is 28.8 Å². The number of benzene rings is 3. The van der Waals surface area contributed by atoms with Crippen LogP contribution in [0.15, 0.2) is 78.9 Å². The summed E-state index contributed by atoms with van der Waals surface area (Å²) in [6, 6.07) is 24.3. The monoisotopic (exact) mass is 472 g/mol. The highest BCUT2D eigenvalue weighted by atomic mass is 32.1. The fourth-order valence-corrected chi connectivity index (χ4v) is 3.81. The number of carbonyl (C=O) groups excluding carboxylic acids is 2. The molecule has 1 aromatic heterocycles. The summed E-state index contributed by atoms with van der Waals surface area (Å²) in [6.07, 6.45) is 0.977. The van der Waals surface area contributed by atoms with Crippen molar-refractivity contribution in [3.8, 4) is 5.75 Å². The Morgan fingerprint density at radius 1 is 0.882 bits per heavy atom. The third-order valence-corrected chi connectivity index (χ3v) is 5.93. The number of carbonyl (C=O) groups is 2. The van der Waals surface area contributed by atoms with Crippen LogP contribution in [0.2, 0.25) is 0 Å². The van der Waals surface area contributed by atoms with Crippen LogP contribution >= 0.6 is 11.3 Å². The van der Waals surface area contributed by atoms with Crippen LogP contribution in [-0.2, 0) is 19.6 Å². The molecular weight excluding hydrogens is 448 g/mol. The molecule has 4 rings (SSSR count). The van der Waals surface area contributed by atoms with Crippen LogP contribution < -0.4 is 15.4 Å². The second-order valence-corrected chi connectivity index (χ2v) is 8.55. The molecule has 0 aliphatic carbocycles. The first-order valence-electron chi connectivity index (χ1n) is 10.9. The van der Waals surface area contributed by atoms with Crippen LogP contribution in [0.25, 0.3) is 0 Å². The van der Waals surface area contributed by atoms with E-state index in [0.717, 1.165) is 29.1 Å². The number of nitrogens with one attached hydrogen (secondary N) is 2. The number of rotatable bonds is 9. The summed E-state index contributed by atoms with van der Waals surface area (Å²) >= 11 is 1.16. The Balaban J connectivity index is 1.32. The van der Waals surface area contributed by atoms with Gasteiger partial charge in [-0.05, 0) is 47.9 Å². The number of amides is 2. The highest BCUT2D eigenvalue weighted by Crippen LogP contribution is 2.17. The largest absolute Gasteiger partial charge is 0.486 e. The molecule has 172 valence electrons. The summed E-state index contributed by atoms with van der Waals surface area (Å²) in [4.78, 5) is 25.2. The fourth-order valence-electron chi connectivity index (χ4n) is 3.17. The van der Waals surface area contributed by atoms with E-state index >= 15 is 0 Å². The average Bonchev–Trinajstić information content (AvgIpc) is 3.36. The third kappa shape index (κ3) is 6.26. The zero-order valence-corrected chi connectivity index (χ0v) is 19.5. The van der Waals surface area contributed by atoms with E-state index < -0.39 is 5.91 Å². The lowest BCUT2D eigenvalue weighted by Gasteiger charge is -2.08. The van der Waals surface area contributed by atoms with Crippen molar-refractivity contribution < 1.29 is 14.3 Å². The molecule has 0 radical (unpaired) electrons. The van der Waals surface area contributed by atoms with Gasteiger partial charge in [-0.25, -0.2) is 0 Å². The normalized spacial score (nSPS) is 10.5. The molecule has 0 fully saturated rings. The molecule has 1 heterocycles. The van der Waals surface area contributed by atoms with Crippen molar-refractivity contribution in [2.75, 3.05) is 5.32 Å². The van der Waals surface area contributed by atoms with E-state index in [9.17, 15) is 9.59 Å². The Hall–Kier alpha value is -4.04. The van der Waals surface area contributed by atoms with Crippen LogP contribution in [0.1, 0.15) is 43.2 Å². The Kier molecular flexibility index (Phi) is 7.62. The number of anilines is 1. The van der Waals surface area contributed by atoms with Gasteiger partial charge in [-0.3, -0.25) is 9.59 Å². The van der Waals surface area contributed by atoms with Gasteiger partial charge in [-0.15, -0.1) is 10.2 Å². The highest BCUT2D eigenvalue weighted by Gasteiger charge is 2.14. The van der Waals surface area contributed by atoms with Crippen molar-refractivity contribution in [1.82, 2.24) is 15.5 Å². The molecule has 2 amide bonds. The molecule has 0 unspecified atom stereocenters. The maximum Gasteiger partial charge on any atom is 0.286 e. The molecule has 8 heteroatoms. The van der Waals surface area contributed by atoms with E-state index in [4.69, 9.17) is 4.74 Å². The number of hydrogen-bond acceptors (Lipinski definition) is 6. The quantitative estimate of drug-likeness (QED) is 0.363. The van der Waals surface area contributed by atoms with E-state index in [1.165, 1.54) is 5.56 Å². The average molecular weight is 473 g/mol. The van der Waals surface area contributed by atoms with Gasteiger partial charge >= 0.3 is 0 Å². The van der Waals surface area contributed by atoms with Gasteiger partial charge in [0.15, 0.2) is 5.01 Å². The predicted molar refractivity (Wildman–Crippen MR) is 132 cm³/mol. The number of aromatic nitrogens is 2. The van der Waals surface area contributed by atoms with Gasteiger partial charge in [0, 0.05) is 17.8 Å². The second-order valence-electron chi connectivity index (χ2n) is 7.49. The molecule has 0 aliphatic rings. The van der Waals surface area contributed by atoms with Gasteiger partial charge in [-0.1, -0.05) is 66.8 Å². The van der Waals surface area contributed by atoms with E-state index in [1.807, 2.05) is 42.5 Å². The smallest absolute Gasteiger partial charge is 0.286 e. The zero-order valence-electron chi connectivity index (χ0n) is 18.7. The molecule has 7 nitrogen and oxygen atoms in total. The van der Waals surface area contributed by atoms with Gasteiger partial charge in [0.2, 0.25) is 5.01 Å². The maximum atomic E-state index is 12.6. The number of nitrogens with zero attached hydrogens (tertiary/aromatic N) is 2. The van der Waals surface area contributed by atoms with Crippen molar-refractivity contribution in [3.05, 3.63) is 106 Å². The minimum atomic E-state index is -0.392. The number of aryl methyl sites for hydroxylation is 1. The standard InChI is InChI=1S/C26H24N4O3S/c1-2-18-11-13-19(14-12-18)16-27-24(31)20-7-6-8-21(15-20)28-25(32)26-30-29-23(34-26)17-33-22-9-4-3-5-10-22/h3-15H,2,16-17H2,1H3,(H,27,31)(H,28,32). The molecule has 0 atom stereocenters. The fraction of sp³-hybridized carbons (Fsp3) is 0.154. The van der Waals surface area contributed by atoms with Gasteiger partial charge in [0.25, 0.3) is 11.8 Å². The SMILES string of the molecule is CCc1ccc(CNC(=O)c2cccc(NC(=O)c3nnc(COc4ccccc4)s3)c2)cc1. The van der Waals surface area contributed by atoms with Crippen LogP contribution in [0.4, 0.5) is 5.69 Å². The number of ether oxygens (including phenoxy) is 1. The molecule has 3 aromatic carbocycles. The lowest BCUT2D eigenvalue weighted by Crippen LogP contribution is -2.23. The summed E-state index contributed by atoms with van der Waals surface area (Å²) in [5, 5.41) is 14.5. The Morgan fingerprint density at radius 2 is 1.65 bits per heavy atom. The third-order valence-electron chi connectivity index (χ3n) is 5.03. The Labute approximate surface area is 201 Å². The van der Waals surface area contributed by atoms with Crippen LogP contribution in [-0.4, -0.2) is 22.0 Å². The molecule has 4 aromatic rings. The second kappa shape index (κ2) is 11.2. The molecular formula is C26H24N4O3S. The van der Waals surface area contributed by atoms with E-state index in [-0.39, 0.29) is 17.5 Å². The Morgan fingerprint density at radius 3 is 2.41 bits per heavy atom. The number of hydrogen-bond donors (Lipinski definition) is 2. The van der Waals surface area contributed by atoms with Crippen molar-refractivity contribution in [1.29, 1.82) is 0 Å². The zero-order chi connectivity index (χ0) is 23.8. The highest BCUT2D eigenvalue weighted by molar-refractivity contribution is 7.13. The molecule has 0 spiro atoms. The summed E-state index contributed by atoms with van der Waals surface area (Å²) in [7, 11) is 0. The predicted octanol–water partition coefficient (Wildman–Crippen LogP) is 4.86. The first kappa shape index (κ1) is 23.1. The summed E-state index contributed by atoms with van der Waals surface area (Å²) < 4.78 is 5.64. The lowest BCUT2D eigenvalue weighted by atomic mass is 10.1. The topological polar surface area (TPSA) is 93.2 Å². The van der Waals surface area contributed by atoms with E-state index in [2.05, 4.69) is 39.9 Å². The minimum Gasteiger partial charge on any atom is -0.486 e. The van der Waals surface area contributed by atoms with Gasteiger partial charge in [0.05, 0.1) is 0 Å². The number of para-hydroxylation sites is 1. The molecule has 0 saturated carbocycles. The summed E-state index contributed by atoms with van der Waals surface area (Å²) in [5.41, 5.74) is 3.24. The van der Waals surface area contributed by atoms with Crippen LogP contribution in [0.3, 0.4) is 0 Å². The summed E-state index contributed by atoms with van der Waals surface area (Å²) in [6.45, 7) is 2.76. The van der Waals surface area contributed by atoms with E-state index in [1.54, 1.807) is 24.3 Å². The first-order valence-corrected chi connectivity index (χ1v) is 11.7. The molecule has 0 aliphatic heterocycles. The van der Waals surface area contributed by atoms with Crippen molar-refractivity contribution in [2.45, 2.75) is 26.5 Å². The molecule has 0 bridgehead atoms. The minimum absolute atomic E-state index is 0.216.